The minimum absolute atomic E-state index is 0.228. The van der Waals surface area contributed by atoms with Crippen LogP contribution in [0.4, 0.5) is 0 Å². The molecule has 0 saturated heterocycles. The molecule has 0 bridgehead atoms. The van der Waals surface area contributed by atoms with E-state index in [-0.39, 0.29) is 5.69 Å². The number of halogens is 1. The van der Waals surface area contributed by atoms with Gasteiger partial charge in [-0.1, -0.05) is 17.7 Å². The van der Waals surface area contributed by atoms with Crippen molar-refractivity contribution < 1.29 is 13.2 Å². The molecule has 0 saturated carbocycles. The van der Waals surface area contributed by atoms with E-state index in [1.807, 2.05) is 0 Å². The van der Waals surface area contributed by atoms with Crippen molar-refractivity contribution in [2.75, 3.05) is 12.0 Å². The van der Waals surface area contributed by atoms with E-state index in [4.69, 9.17) is 11.6 Å². The molecule has 2 heterocycles. The maximum Gasteiger partial charge on any atom is 0.194 e. The Kier molecular flexibility index (Phi) is 3.95. The van der Waals surface area contributed by atoms with Gasteiger partial charge in [0, 0.05) is 33.9 Å². The first-order chi connectivity index (χ1) is 10.8. The van der Waals surface area contributed by atoms with Crippen LogP contribution in [0.15, 0.2) is 42.6 Å². The van der Waals surface area contributed by atoms with Crippen LogP contribution in [0.3, 0.4) is 0 Å². The van der Waals surface area contributed by atoms with Crippen molar-refractivity contribution in [1.82, 2.24) is 9.97 Å². The van der Waals surface area contributed by atoms with Gasteiger partial charge < -0.3 is 4.98 Å². The molecule has 3 rings (SSSR count). The molecule has 1 aromatic carbocycles. The smallest absolute Gasteiger partial charge is 0.194 e. The number of sulfone groups is 1. The second kappa shape index (κ2) is 5.79. The SMILES string of the molecule is CS(=O)(=O)CC(=O)c1[nH]c2ccc(Cl)cc2c1-c1ccccn1. The van der Waals surface area contributed by atoms with Gasteiger partial charge in [-0.2, -0.15) is 0 Å². The number of nitrogens with one attached hydrogen (secondary N) is 1. The number of aromatic amines is 1. The van der Waals surface area contributed by atoms with Crippen LogP contribution in [0.25, 0.3) is 22.2 Å². The lowest BCUT2D eigenvalue weighted by Crippen LogP contribution is -2.15. The number of hydrogen-bond donors (Lipinski definition) is 1. The molecule has 0 radical (unpaired) electrons. The lowest BCUT2D eigenvalue weighted by atomic mass is 10.1. The van der Waals surface area contributed by atoms with Crippen molar-refractivity contribution in [2.45, 2.75) is 0 Å². The molecule has 0 fully saturated rings. The molecular formula is C16H13ClN2O3S. The summed E-state index contributed by atoms with van der Waals surface area (Å²) >= 11 is 6.06. The zero-order chi connectivity index (χ0) is 16.6. The van der Waals surface area contributed by atoms with Crippen molar-refractivity contribution in [2.24, 2.45) is 0 Å². The van der Waals surface area contributed by atoms with E-state index < -0.39 is 21.4 Å². The van der Waals surface area contributed by atoms with Gasteiger partial charge in [0.25, 0.3) is 0 Å². The van der Waals surface area contributed by atoms with Crippen molar-refractivity contribution in [1.29, 1.82) is 0 Å². The summed E-state index contributed by atoms with van der Waals surface area (Å²) in [5.41, 5.74) is 2.08. The van der Waals surface area contributed by atoms with Gasteiger partial charge >= 0.3 is 0 Å². The van der Waals surface area contributed by atoms with Crippen molar-refractivity contribution in [3.63, 3.8) is 0 Å². The zero-order valence-electron chi connectivity index (χ0n) is 12.2. The monoisotopic (exact) mass is 348 g/mol. The van der Waals surface area contributed by atoms with Gasteiger partial charge in [-0.05, 0) is 30.3 Å². The number of nitrogens with zero attached hydrogens (tertiary/aromatic N) is 1. The van der Waals surface area contributed by atoms with Crippen molar-refractivity contribution in [3.8, 4) is 11.3 Å². The van der Waals surface area contributed by atoms with E-state index in [0.29, 0.717) is 21.8 Å². The van der Waals surface area contributed by atoms with Gasteiger partial charge in [0.05, 0.1) is 11.4 Å². The molecule has 0 aliphatic heterocycles. The third-order valence-electron chi connectivity index (χ3n) is 3.35. The molecule has 0 unspecified atom stereocenters. The molecular weight excluding hydrogens is 336 g/mol. The Morgan fingerprint density at radius 1 is 1.26 bits per heavy atom. The van der Waals surface area contributed by atoms with E-state index in [0.717, 1.165) is 11.6 Å². The second-order valence-electron chi connectivity index (χ2n) is 5.27. The zero-order valence-corrected chi connectivity index (χ0v) is 13.8. The van der Waals surface area contributed by atoms with E-state index in [9.17, 15) is 13.2 Å². The molecule has 5 nitrogen and oxygen atoms in total. The summed E-state index contributed by atoms with van der Waals surface area (Å²) in [6.45, 7) is 0. The summed E-state index contributed by atoms with van der Waals surface area (Å²) in [7, 11) is -3.43. The Hall–Kier alpha value is -2.18. The van der Waals surface area contributed by atoms with Crippen LogP contribution >= 0.6 is 11.6 Å². The Morgan fingerprint density at radius 2 is 2.04 bits per heavy atom. The van der Waals surface area contributed by atoms with Gasteiger partial charge in [0.1, 0.15) is 5.75 Å². The topological polar surface area (TPSA) is 79.9 Å². The van der Waals surface area contributed by atoms with Crippen molar-refractivity contribution >= 4 is 38.1 Å². The van der Waals surface area contributed by atoms with Crippen LogP contribution in [-0.4, -0.2) is 36.2 Å². The standard InChI is InChI=1S/C16H13ClN2O3S/c1-23(21,22)9-14(20)16-15(13-4-2-3-7-18-13)11-8-10(17)5-6-12(11)19-16/h2-8,19H,9H2,1H3. The highest BCUT2D eigenvalue weighted by Gasteiger charge is 2.22. The number of carbonyl (C=O) groups excluding carboxylic acids is 1. The second-order valence-corrected chi connectivity index (χ2v) is 7.85. The first-order valence-electron chi connectivity index (χ1n) is 6.79. The lowest BCUT2D eigenvalue weighted by molar-refractivity contribution is 0.101. The normalized spacial score (nSPS) is 11.7. The van der Waals surface area contributed by atoms with Gasteiger partial charge in [-0.15, -0.1) is 0 Å². The number of pyridine rings is 1. The minimum atomic E-state index is -3.43. The molecule has 0 amide bonds. The number of fused-ring (bicyclic) bond motifs is 1. The number of carbonyl (C=O) groups is 1. The molecule has 0 aliphatic rings. The molecule has 3 aromatic rings. The summed E-state index contributed by atoms with van der Waals surface area (Å²) in [6, 6.07) is 10.5. The number of benzene rings is 1. The quantitative estimate of drug-likeness (QED) is 0.735. The molecule has 0 spiro atoms. The summed E-state index contributed by atoms with van der Waals surface area (Å²) in [5.74, 6) is -1.06. The van der Waals surface area contributed by atoms with Gasteiger partial charge in [0.15, 0.2) is 15.6 Å². The molecule has 1 N–H and O–H groups in total. The Bertz CT molecular complexity index is 995. The summed E-state index contributed by atoms with van der Waals surface area (Å²) in [4.78, 5) is 19.7. The lowest BCUT2D eigenvalue weighted by Gasteiger charge is -2.03. The number of rotatable bonds is 4. The van der Waals surface area contributed by atoms with E-state index in [2.05, 4.69) is 9.97 Å². The summed E-state index contributed by atoms with van der Waals surface area (Å²) in [6.07, 6.45) is 2.65. The molecule has 2 aromatic heterocycles. The molecule has 0 aliphatic carbocycles. The maximum atomic E-state index is 12.4. The largest absolute Gasteiger partial charge is 0.352 e. The average molecular weight is 349 g/mol. The predicted molar refractivity (Wildman–Crippen MR) is 90.6 cm³/mol. The predicted octanol–water partition coefficient (Wildman–Crippen LogP) is 3.11. The molecule has 23 heavy (non-hydrogen) atoms. The van der Waals surface area contributed by atoms with Crippen LogP contribution in [0.1, 0.15) is 10.5 Å². The minimum Gasteiger partial charge on any atom is -0.352 e. The number of aromatic nitrogens is 2. The van der Waals surface area contributed by atoms with Crippen LogP contribution in [0, 0.1) is 0 Å². The number of hydrogen-bond acceptors (Lipinski definition) is 4. The fraction of sp³-hybridized carbons (Fsp3) is 0.125. The number of H-pyrrole nitrogens is 1. The highest BCUT2D eigenvalue weighted by atomic mass is 35.5. The molecule has 0 atom stereocenters. The first-order valence-corrected chi connectivity index (χ1v) is 9.22. The highest BCUT2D eigenvalue weighted by molar-refractivity contribution is 7.91. The van der Waals surface area contributed by atoms with Crippen molar-refractivity contribution in [3.05, 3.63) is 53.3 Å². The molecule has 118 valence electrons. The average Bonchev–Trinajstić information content (AvgIpc) is 2.85. The van der Waals surface area contributed by atoms with Crippen LogP contribution < -0.4 is 0 Å². The van der Waals surface area contributed by atoms with Gasteiger partial charge in [0.2, 0.25) is 0 Å². The van der Waals surface area contributed by atoms with Crippen LogP contribution in [0.5, 0.6) is 0 Å². The number of ketones is 1. The summed E-state index contributed by atoms with van der Waals surface area (Å²) < 4.78 is 22.9. The third kappa shape index (κ3) is 3.28. The maximum absolute atomic E-state index is 12.4. The first kappa shape index (κ1) is 15.7. The van der Waals surface area contributed by atoms with E-state index >= 15 is 0 Å². The Morgan fingerprint density at radius 3 is 2.70 bits per heavy atom. The fourth-order valence-electron chi connectivity index (χ4n) is 2.46. The van der Waals surface area contributed by atoms with Gasteiger partial charge in [-0.25, -0.2) is 8.42 Å². The highest BCUT2D eigenvalue weighted by Crippen LogP contribution is 2.33. The Labute approximate surface area is 138 Å². The van der Waals surface area contributed by atoms with Gasteiger partial charge in [-0.3, -0.25) is 9.78 Å². The van der Waals surface area contributed by atoms with Crippen LogP contribution in [-0.2, 0) is 9.84 Å². The Balaban J connectivity index is 2.27. The van der Waals surface area contributed by atoms with E-state index in [1.165, 1.54) is 0 Å². The number of Topliss-reactive ketones (excluding diaryl/α,β-unsaturated/α-hetero) is 1. The summed E-state index contributed by atoms with van der Waals surface area (Å²) in [5, 5.41) is 1.25. The van der Waals surface area contributed by atoms with Crippen LogP contribution in [0.2, 0.25) is 5.02 Å². The molecule has 7 heteroatoms. The van der Waals surface area contributed by atoms with E-state index in [1.54, 1.807) is 42.6 Å². The fourth-order valence-corrected chi connectivity index (χ4v) is 3.25. The third-order valence-corrected chi connectivity index (χ3v) is 4.38.